The molecule has 0 unspecified atom stereocenters. The van der Waals surface area contributed by atoms with E-state index in [-0.39, 0.29) is 0 Å². The summed E-state index contributed by atoms with van der Waals surface area (Å²) in [6.07, 6.45) is 0. The molecule has 3 aromatic carbocycles. The summed E-state index contributed by atoms with van der Waals surface area (Å²) in [5, 5.41) is 12.8. The summed E-state index contributed by atoms with van der Waals surface area (Å²) in [4.78, 5) is 4.88. The average Bonchev–Trinajstić information content (AvgIpc) is 2.66. The largest absolute Gasteiger partial charge is 0.508 e. The lowest BCUT2D eigenvalue weighted by atomic mass is 9.99. The van der Waals surface area contributed by atoms with Gasteiger partial charge in [-0.1, -0.05) is 60.7 Å². The van der Waals surface area contributed by atoms with E-state index in [4.69, 9.17) is 0 Å². The van der Waals surface area contributed by atoms with E-state index in [9.17, 15) is 5.11 Å². The van der Waals surface area contributed by atoms with Crippen LogP contribution in [0.25, 0.3) is 10.8 Å². The molecule has 1 aliphatic rings. The van der Waals surface area contributed by atoms with Gasteiger partial charge in [-0.3, -0.25) is 4.90 Å². The number of nitrogens with zero attached hydrogens (tertiary/aromatic N) is 2. The van der Waals surface area contributed by atoms with Crippen LogP contribution in [0.4, 0.5) is 0 Å². The zero-order chi connectivity index (χ0) is 17.2. The molecular weight excluding hydrogens is 308 g/mol. The molecule has 128 valence electrons. The van der Waals surface area contributed by atoms with Gasteiger partial charge in [0.1, 0.15) is 5.75 Å². The van der Waals surface area contributed by atoms with E-state index in [0.29, 0.717) is 11.8 Å². The van der Waals surface area contributed by atoms with Gasteiger partial charge in [-0.2, -0.15) is 0 Å². The predicted molar refractivity (Wildman–Crippen MR) is 103 cm³/mol. The first-order valence-corrected chi connectivity index (χ1v) is 8.89. The molecule has 1 saturated heterocycles. The van der Waals surface area contributed by atoms with Crippen LogP contribution in [0.5, 0.6) is 5.75 Å². The van der Waals surface area contributed by atoms with E-state index in [1.54, 1.807) is 0 Å². The third-order valence-corrected chi connectivity index (χ3v) is 5.26. The molecule has 0 spiro atoms. The van der Waals surface area contributed by atoms with E-state index in [0.717, 1.165) is 37.1 Å². The molecule has 3 aromatic rings. The van der Waals surface area contributed by atoms with Crippen LogP contribution in [-0.2, 0) is 6.54 Å². The molecule has 0 radical (unpaired) electrons. The maximum atomic E-state index is 10.5. The number of piperazine rings is 1. The Morgan fingerprint density at radius 2 is 1.68 bits per heavy atom. The molecule has 25 heavy (non-hydrogen) atoms. The lowest BCUT2D eigenvalue weighted by molar-refractivity contribution is 0.0831. The highest BCUT2D eigenvalue weighted by Crippen LogP contribution is 2.32. The number of phenols is 1. The molecule has 0 aromatic heterocycles. The van der Waals surface area contributed by atoms with Crippen molar-refractivity contribution in [2.24, 2.45) is 0 Å². The molecule has 0 bridgehead atoms. The van der Waals surface area contributed by atoms with Crippen molar-refractivity contribution in [2.45, 2.75) is 12.6 Å². The van der Waals surface area contributed by atoms with Crippen LogP contribution in [0.3, 0.4) is 0 Å². The van der Waals surface area contributed by atoms with Gasteiger partial charge in [0.25, 0.3) is 0 Å². The predicted octanol–water partition coefficient (Wildman–Crippen LogP) is 4.03. The van der Waals surface area contributed by atoms with Gasteiger partial charge in [-0.05, 0) is 29.4 Å². The van der Waals surface area contributed by atoms with Gasteiger partial charge in [0.05, 0.1) is 0 Å². The number of phenolic OH excluding ortho intramolecular Hbond substituents is 1. The number of rotatable bonds is 3. The van der Waals surface area contributed by atoms with Gasteiger partial charge < -0.3 is 10.0 Å². The van der Waals surface area contributed by atoms with Crippen molar-refractivity contribution in [3.05, 3.63) is 77.9 Å². The maximum absolute atomic E-state index is 10.5. The van der Waals surface area contributed by atoms with Gasteiger partial charge in [-0.15, -0.1) is 0 Å². The Morgan fingerprint density at radius 3 is 2.52 bits per heavy atom. The van der Waals surface area contributed by atoms with Crippen LogP contribution < -0.4 is 0 Å². The molecule has 1 fully saturated rings. The minimum absolute atomic E-state index is 0.346. The van der Waals surface area contributed by atoms with Crippen molar-refractivity contribution < 1.29 is 5.11 Å². The second kappa shape index (κ2) is 6.87. The quantitative estimate of drug-likeness (QED) is 0.784. The first-order chi connectivity index (χ1) is 12.2. The molecule has 3 nitrogen and oxygen atoms in total. The standard InChI is InChI=1S/C22H24N2O/c1-23-13-14-24(21(16-23)18-8-3-2-4-9-18)15-20-19-10-6-5-7-17(19)11-12-22(20)25/h2-12,21,25H,13-16H2,1H3/t21-/m0/s1. The van der Waals surface area contributed by atoms with E-state index >= 15 is 0 Å². The van der Waals surface area contributed by atoms with E-state index < -0.39 is 0 Å². The second-order valence-electron chi connectivity index (χ2n) is 6.94. The molecule has 3 heteroatoms. The van der Waals surface area contributed by atoms with Crippen molar-refractivity contribution in [3.8, 4) is 5.75 Å². The first kappa shape index (κ1) is 16.1. The summed E-state index contributed by atoms with van der Waals surface area (Å²) < 4.78 is 0. The Labute approximate surface area is 149 Å². The molecule has 4 rings (SSSR count). The van der Waals surface area contributed by atoms with E-state index in [1.165, 1.54) is 10.9 Å². The topological polar surface area (TPSA) is 26.7 Å². The number of benzene rings is 3. The Bertz CT molecular complexity index is 862. The lowest BCUT2D eigenvalue weighted by Crippen LogP contribution is -2.46. The summed E-state index contributed by atoms with van der Waals surface area (Å²) in [7, 11) is 2.18. The number of fused-ring (bicyclic) bond motifs is 1. The summed E-state index contributed by atoms with van der Waals surface area (Å²) in [6, 6.07) is 23.2. The number of hydrogen-bond acceptors (Lipinski definition) is 3. The highest BCUT2D eigenvalue weighted by molar-refractivity contribution is 5.87. The Balaban J connectivity index is 1.70. The third kappa shape index (κ3) is 3.26. The minimum atomic E-state index is 0.346. The van der Waals surface area contributed by atoms with Crippen LogP contribution in [0.2, 0.25) is 0 Å². The molecular formula is C22H24N2O. The molecule has 0 aliphatic carbocycles. The smallest absolute Gasteiger partial charge is 0.120 e. The molecule has 1 heterocycles. The monoisotopic (exact) mass is 332 g/mol. The maximum Gasteiger partial charge on any atom is 0.120 e. The van der Waals surface area contributed by atoms with Crippen LogP contribution in [0.15, 0.2) is 66.7 Å². The van der Waals surface area contributed by atoms with Crippen LogP contribution >= 0.6 is 0 Å². The van der Waals surface area contributed by atoms with Gasteiger partial charge in [0.2, 0.25) is 0 Å². The Morgan fingerprint density at radius 1 is 0.920 bits per heavy atom. The fourth-order valence-corrected chi connectivity index (χ4v) is 3.83. The fraction of sp³-hybridized carbons (Fsp3) is 0.273. The molecule has 0 saturated carbocycles. The van der Waals surface area contributed by atoms with Gasteiger partial charge in [-0.25, -0.2) is 0 Å². The summed E-state index contributed by atoms with van der Waals surface area (Å²) in [5.41, 5.74) is 2.37. The third-order valence-electron chi connectivity index (χ3n) is 5.26. The van der Waals surface area contributed by atoms with Crippen molar-refractivity contribution in [2.75, 3.05) is 26.7 Å². The summed E-state index contributed by atoms with van der Waals surface area (Å²) in [5.74, 6) is 0.393. The molecule has 1 N–H and O–H groups in total. The Kier molecular flexibility index (Phi) is 4.43. The minimum Gasteiger partial charge on any atom is -0.508 e. The Hall–Kier alpha value is -2.36. The second-order valence-corrected chi connectivity index (χ2v) is 6.94. The van der Waals surface area contributed by atoms with Crippen molar-refractivity contribution >= 4 is 10.8 Å². The van der Waals surface area contributed by atoms with Crippen LogP contribution in [0.1, 0.15) is 17.2 Å². The van der Waals surface area contributed by atoms with Crippen molar-refractivity contribution in [1.82, 2.24) is 9.80 Å². The van der Waals surface area contributed by atoms with Crippen molar-refractivity contribution in [3.63, 3.8) is 0 Å². The average molecular weight is 332 g/mol. The van der Waals surface area contributed by atoms with E-state index in [2.05, 4.69) is 59.3 Å². The molecule has 1 atom stereocenters. The number of likely N-dealkylation sites (N-methyl/N-ethyl adjacent to an activating group) is 1. The number of hydrogen-bond donors (Lipinski definition) is 1. The van der Waals surface area contributed by atoms with Gasteiger partial charge >= 0.3 is 0 Å². The zero-order valence-corrected chi connectivity index (χ0v) is 14.6. The fourth-order valence-electron chi connectivity index (χ4n) is 3.83. The molecule has 0 amide bonds. The zero-order valence-electron chi connectivity index (χ0n) is 14.6. The molecule has 1 aliphatic heterocycles. The lowest BCUT2D eigenvalue weighted by Gasteiger charge is -2.40. The first-order valence-electron chi connectivity index (χ1n) is 8.89. The summed E-state index contributed by atoms with van der Waals surface area (Å²) in [6.45, 7) is 3.82. The summed E-state index contributed by atoms with van der Waals surface area (Å²) >= 11 is 0. The number of aromatic hydroxyl groups is 1. The highest BCUT2D eigenvalue weighted by atomic mass is 16.3. The normalized spacial score (nSPS) is 19.3. The van der Waals surface area contributed by atoms with Gasteiger partial charge in [0.15, 0.2) is 0 Å². The van der Waals surface area contributed by atoms with Crippen molar-refractivity contribution in [1.29, 1.82) is 0 Å². The van der Waals surface area contributed by atoms with Crippen LogP contribution in [-0.4, -0.2) is 41.6 Å². The van der Waals surface area contributed by atoms with Crippen LogP contribution in [0, 0.1) is 0 Å². The SMILES string of the molecule is CN1CCN(Cc2c(O)ccc3ccccc23)[C@H](c2ccccc2)C1. The highest BCUT2D eigenvalue weighted by Gasteiger charge is 2.27. The van der Waals surface area contributed by atoms with Gasteiger partial charge in [0, 0.05) is 37.8 Å². The van der Waals surface area contributed by atoms with E-state index in [1.807, 2.05) is 24.3 Å².